The lowest BCUT2D eigenvalue weighted by Crippen LogP contribution is -2.56. The van der Waals surface area contributed by atoms with E-state index >= 15 is 0 Å². The molecule has 0 bridgehead atoms. The molecule has 2 rings (SSSR count). The molecule has 2 aliphatic heterocycles. The van der Waals surface area contributed by atoms with E-state index in [9.17, 15) is 19.2 Å². The van der Waals surface area contributed by atoms with Crippen LogP contribution in [0.4, 0.5) is 4.79 Å². The van der Waals surface area contributed by atoms with Gasteiger partial charge < -0.3 is 20.1 Å². The first-order valence-corrected chi connectivity index (χ1v) is 6.14. The second-order valence-corrected chi connectivity index (χ2v) is 4.76. The van der Waals surface area contributed by atoms with Crippen LogP contribution in [-0.2, 0) is 19.1 Å². The Morgan fingerprint density at radius 3 is 2.40 bits per heavy atom. The van der Waals surface area contributed by atoms with Crippen molar-refractivity contribution in [2.75, 3.05) is 26.3 Å². The maximum absolute atomic E-state index is 11.7. The molecule has 4 amide bonds. The molecule has 0 radical (unpaired) electrons. The van der Waals surface area contributed by atoms with Crippen LogP contribution in [-0.4, -0.2) is 65.7 Å². The predicted molar refractivity (Wildman–Crippen MR) is 63.7 cm³/mol. The van der Waals surface area contributed by atoms with E-state index in [2.05, 4.69) is 10.6 Å². The van der Waals surface area contributed by atoms with Crippen molar-refractivity contribution in [3.8, 4) is 0 Å². The zero-order chi connectivity index (χ0) is 14.8. The number of amides is 4. The van der Waals surface area contributed by atoms with Crippen LogP contribution in [0.3, 0.4) is 0 Å². The zero-order valence-corrected chi connectivity index (χ0v) is 10.7. The highest BCUT2D eigenvalue weighted by Crippen LogP contribution is 2.25. The summed E-state index contributed by atoms with van der Waals surface area (Å²) in [6, 6.07) is -0.514. The molecule has 0 aliphatic carbocycles. The lowest BCUT2D eigenvalue weighted by atomic mass is 9.88. The minimum absolute atomic E-state index is 0.308. The van der Waals surface area contributed by atoms with Crippen LogP contribution in [0.2, 0.25) is 0 Å². The van der Waals surface area contributed by atoms with Crippen LogP contribution >= 0.6 is 0 Å². The number of hydrogen-bond donors (Lipinski definition) is 3. The molecular weight excluding hydrogens is 270 g/mol. The Bertz CT molecular complexity index is 455. The van der Waals surface area contributed by atoms with Gasteiger partial charge in [-0.15, -0.1) is 0 Å². The highest BCUT2D eigenvalue weighted by atomic mass is 16.5. The average molecular weight is 285 g/mol. The molecule has 0 atom stereocenters. The molecule has 9 nitrogen and oxygen atoms in total. The lowest BCUT2D eigenvalue weighted by molar-refractivity contribution is -0.147. The number of urea groups is 1. The van der Waals surface area contributed by atoms with Gasteiger partial charge in [-0.3, -0.25) is 14.9 Å². The summed E-state index contributed by atoms with van der Waals surface area (Å²) in [7, 11) is 0. The highest BCUT2D eigenvalue weighted by Gasteiger charge is 2.48. The number of nitrogens with one attached hydrogen (secondary N) is 2. The summed E-state index contributed by atoms with van der Waals surface area (Å²) in [6.07, 6.45) is 0.657. The van der Waals surface area contributed by atoms with E-state index < -0.39 is 24.1 Å². The Kier molecular flexibility index (Phi) is 3.89. The number of carbonyl (C=O) groups excluding carboxylic acids is 3. The molecule has 0 aromatic carbocycles. The number of carboxylic acid groups (broad SMARTS) is 1. The van der Waals surface area contributed by atoms with Gasteiger partial charge >= 0.3 is 12.0 Å². The summed E-state index contributed by atoms with van der Waals surface area (Å²) in [4.78, 5) is 46.3. The lowest BCUT2D eigenvalue weighted by Gasteiger charge is -2.36. The highest BCUT2D eigenvalue weighted by molar-refractivity contribution is 6.07. The molecule has 0 aromatic heterocycles. The van der Waals surface area contributed by atoms with E-state index in [0.29, 0.717) is 25.9 Å². The maximum Gasteiger partial charge on any atom is 0.329 e. The molecule has 1 spiro atoms. The monoisotopic (exact) mass is 285 g/mol. The second-order valence-electron chi connectivity index (χ2n) is 4.76. The molecule has 0 saturated carbocycles. The van der Waals surface area contributed by atoms with E-state index in [0.717, 1.165) is 0 Å². The van der Waals surface area contributed by atoms with E-state index in [1.807, 2.05) is 0 Å². The molecule has 2 aliphatic rings. The van der Waals surface area contributed by atoms with Gasteiger partial charge in [-0.2, -0.15) is 0 Å². The fourth-order valence-electron chi connectivity index (χ4n) is 2.33. The zero-order valence-electron chi connectivity index (χ0n) is 10.7. The molecule has 9 heteroatoms. The number of hydrogen-bond acceptors (Lipinski definition) is 5. The van der Waals surface area contributed by atoms with Crippen molar-refractivity contribution in [1.82, 2.24) is 15.5 Å². The fourth-order valence-corrected chi connectivity index (χ4v) is 2.33. The normalized spacial score (nSPS) is 20.7. The first-order chi connectivity index (χ1) is 9.43. The number of aliphatic carboxylic acids is 1. The number of nitrogens with zero attached hydrogens (tertiary/aromatic N) is 1. The molecule has 3 N–H and O–H groups in total. The number of ether oxygens (including phenoxy) is 1. The Morgan fingerprint density at radius 1 is 1.25 bits per heavy atom. The molecule has 2 heterocycles. The smallest absolute Gasteiger partial charge is 0.329 e. The van der Waals surface area contributed by atoms with Crippen LogP contribution in [0.15, 0.2) is 0 Å². The van der Waals surface area contributed by atoms with Crippen molar-refractivity contribution in [3.05, 3.63) is 0 Å². The Hall–Kier alpha value is -2.16. The van der Waals surface area contributed by atoms with Crippen LogP contribution in [0.5, 0.6) is 0 Å². The number of carboxylic acids is 1. The van der Waals surface area contributed by atoms with E-state index in [-0.39, 0.29) is 18.4 Å². The van der Waals surface area contributed by atoms with Gasteiger partial charge in [-0.25, -0.2) is 9.59 Å². The summed E-state index contributed by atoms with van der Waals surface area (Å²) < 4.78 is 4.73. The molecule has 20 heavy (non-hydrogen) atoms. The largest absolute Gasteiger partial charge is 0.480 e. The second kappa shape index (κ2) is 5.45. The van der Waals surface area contributed by atoms with Crippen LogP contribution in [0.25, 0.3) is 0 Å². The van der Waals surface area contributed by atoms with Gasteiger partial charge in [0.1, 0.15) is 18.8 Å². The SMILES string of the molecule is O=C(O)COCC(=O)N1CCC2(CC1)NC(=O)NC2=O. The van der Waals surface area contributed by atoms with Gasteiger partial charge in [0.15, 0.2) is 0 Å². The molecule has 0 unspecified atom stereocenters. The van der Waals surface area contributed by atoms with Crippen molar-refractivity contribution < 1.29 is 29.0 Å². The number of carbonyl (C=O) groups is 4. The standard InChI is InChI=1S/C11H15N3O6/c15-7(5-20-6-8(16)17)14-3-1-11(2-4-14)9(18)12-10(19)13-11/h1-6H2,(H,16,17)(H2,12,13,18,19). The fraction of sp³-hybridized carbons (Fsp3) is 0.636. The van der Waals surface area contributed by atoms with E-state index in [4.69, 9.17) is 9.84 Å². The minimum atomic E-state index is -1.14. The molecule has 2 fully saturated rings. The van der Waals surface area contributed by atoms with Crippen molar-refractivity contribution in [2.24, 2.45) is 0 Å². The van der Waals surface area contributed by atoms with Gasteiger partial charge in [0, 0.05) is 13.1 Å². The van der Waals surface area contributed by atoms with Crippen LogP contribution < -0.4 is 10.6 Å². The average Bonchev–Trinajstić information content (AvgIpc) is 2.64. The van der Waals surface area contributed by atoms with Gasteiger partial charge in [0.05, 0.1) is 0 Å². The van der Waals surface area contributed by atoms with Crippen molar-refractivity contribution in [2.45, 2.75) is 18.4 Å². The van der Waals surface area contributed by atoms with Crippen LogP contribution in [0, 0.1) is 0 Å². The van der Waals surface area contributed by atoms with Gasteiger partial charge in [0.2, 0.25) is 5.91 Å². The number of piperidine rings is 1. The third kappa shape index (κ3) is 2.87. The summed E-state index contributed by atoms with van der Waals surface area (Å²) in [5, 5.41) is 13.2. The Morgan fingerprint density at radius 2 is 1.90 bits per heavy atom. The third-order valence-corrected chi connectivity index (χ3v) is 3.44. The van der Waals surface area contributed by atoms with Gasteiger partial charge in [-0.05, 0) is 12.8 Å². The molecule has 2 saturated heterocycles. The van der Waals surface area contributed by atoms with Crippen molar-refractivity contribution in [3.63, 3.8) is 0 Å². The third-order valence-electron chi connectivity index (χ3n) is 3.44. The maximum atomic E-state index is 11.7. The molecule has 110 valence electrons. The Labute approximate surface area is 114 Å². The summed E-state index contributed by atoms with van der Waals surface area (Å²) in [5.74, 6) is -1.83. The summed E-state index contributed by atoms with van der Waals surface area (Å²) in [6.45, 7) is -0.217. The van der Waals surface area contributed by atoms with Crippen molar-refractivity contribution in [1.29, 1.82) is 0 Å². The quantitative estimate of drug-likeness (QED) is 0.528. The first kappa shape index (κ1) is 14.3. The molecule has 0 aromatic rings. The minimum Gasteiger partial charge on any atom is -0.480 e. The molecular formula is C11H15N3O6. The predicted octanol–water partition coefficient (Wildman–Crippen LogP) is -1.71. The summed E-state index contributed by atoms with van der Waals surface area (Å²) in [5.41, 5.74) is -0.921. The van der Waals surface area contributed by atoms with Crippen molar-refractivity contribution >= 4 is 23.8 Å². The van der Waals surface area contributed by atoms with E-state index in [1.54, 1.807) is 0 Å². The first-order valence-electron chi connectivity index (χ1n) is 6.14. The topological polar surface area (TPSA) is 125 Å². The van der Waals surface area contributed by atoms with Gasteiger partial charge in [-0.1, -0.05) is 0 Å². The number of likely N-dealkylation sites (tertiary alicyclic amines) is 1. The van der Waals surface area contributed by atoms with Gasteiger partial charge in [0.25, 0.3) is 5.91 Å². The van der Waals surface area contributed by atoms with Crippen LogP contribution in [0.1, 0.15) is 12.8 Å². The van der Waals surface area contributed by atoms with E-state index in [1.165, 1.54) is 4.90 Å². The Balaban J connectivity index is 1.82. The summed E-state index contributed by atoms with van der Waals surface area (Å²) >= 11 is 0. The number of rotatable bonds is 4. The number of imide groups is 1.